The van der Waals surface area contributed by atoms with Gasteiger partial charge in [0.25, 0.3) is 0 Å². The third-order valence-corrected chi connectivity index (χ3v) is 3.39. The predicted molar refractivity (Wildman–Crippen MR) is 69.3 cm³/mol. The second-order valence-corrected chi connectivity index (χ2v) is 5.52. The fraction of sp³-hybridized carbons (Fsp3) is 0.692. The van der Waals surface area contributed by atoms with Crippen LogP contribution < -0.4 is 5.32 Å². The standard InChI is InChI=1S/C13H23NS/c1-11(2)5-4-6-12(3)14-9-13-7-8-15-10-13/h7-8,10-12,14H,4-6,9H2,1-3H3. The Bertz CT molecular complexity index is 241. The molecular formula is C13H23NS. The van der Waals surface area contributed by atoms with Crippen LogP contribution in [0.5, 0.6) is 0 Å². The molecule has 1 N–H and O–H groups in total. The van der Waals surface area contributed by atoms with Crippen molar-refractivity contribution in [1.29, 1.82) is 0 Å². The number of hydrogen-bond acceptors (Lipinski definition) is 2. The van der Waals surface area contributed by atoms with Crippen LogP contribution in [0.25, 0.3) is 0 Å². The van der Waals surface area contributed by atoms with Gasteiger partial charge in [0, 0.05) is 12.6 Å². The van der Waals surface area contributed by atoms with Crippen molar-refractivity contribution in [2.75, 3.05) is 0 Å². The zero-order chi connectivity index (χ0) is 11.1. The van der Waals surface area contributed by atoms with Crippen molar-refractivity contribution in [3.05, 3.63) is 22.4 Å². The molecule has 0 aliphatic rings. The first kappa shape index (κ1) is 12.7. The molecule has 0 fully saturated rings. The Balaban J connectivity index is 2.06. The number of rotatable bonds is 7. The highest BCUT2D eigenvalue weighted by Gasteiger charge is 2.02. The first-order valence-corrected chi connectivity index (χ1v) is 6.87. The normalized spacial score (nSPS) is 13.3. The third-order valence-electron chi connectivity index (χ3n) is 2.65. The maximum absolute atomic E-state index is 3.57. The van der Waals surface area contributed by atoms with Gasteiger partial charge < -0.3 is 5.32 Å². The lowest BCUT2D eigenvalue weighted by Crippen LogP contribution is -2.25. The summed E-state index contributed by atoms with van der Waals surface area (Å²) in [7, 11) is 0. The SMILES string of the molecule is CC(C)CCCC(C)NCc1ccsc1. The average molecular weight is 225 g/mol. The van der Waals surface area contributed by atoms with Gasteiger partial charge in [0.2, 0.25) is 0 Å². The Kier molecular flexibility index (Phi) is 5.96. The number of hydrogen-bond donors (Lipinski definition) is 1. The van der Waals surface area contributed by atoms with Gasteiger partial charge in [-0.3, -0.25) is 0 Å². The van der Waals surface area contributed by atoms with Gasteiger partial charge in [0.05, 0.1) is 0 Å². The van der Waals surface area contributed by atoms with Crippen molar-refractivity contribution in [2.45, 2.75) is 52.6 Å². The molecule has 0 amide bonds. The summed E-state index contributed by atoms with van der Waals surface area (Å²) in [4.78, 5) is 0. The first-order valence-electron chi connectivity index (χ1n) is 5.93. The number of thiophene rings is 1. The van der Waals surface area contributed by atoms with E-state index in [1.165, 1.54) is 24.8 Å². The van der Waals surface area contributed by atoms with E-state index in [9.17, 15) is 0 Å². The van der Waals surface area contributed by atoms with E-state index < -0.39 is 0 Å². The van der Waals surface area contributed by atoms with Crippen LogP contribution >= 0.6 is 11.3 Å². The lowest BCUT2D eigenvalue weighted by Gasteiger charge is -2.13. The van der Waals surface area contributed by atoms with E-state index in [1.807, 2.05) is 0 Å². The topological polar surface area (TPSA) is 12.0 Å². The predicted octanol–water partition coefficient (Wildman–Crippen LogP) is 4.05. The largest absolute Gasteiger partial charge is 0.310 e. The highest BCUT2D eigenvalue weighted by atomic mass is 32.1. The summed E-state index contributed by atoms with van der Waals surface area (Å²) in [6.07, 6.45) is 3.99. The van der Waals surface area contributed by atoms with Crippen molar-refractivity contribution in [3.8, 4) is 0 Å². The van der Waals surface area contributed by atoms with E-state index in [4.69, 9.17) is 0 Å². The molecular weight excluding hydrogens is 202 g/mol. The Hall–Kier alpha value is -0.340. The maximum Gasteiger partial charge on any atom is 0.0216 e. The lowest BCUT2D eigenvalue weighted by molar-refractivity contribution is 0.457. The molecule has 86 valence electrons. The van der Waals surface area contributed by atoms with E-state index in [-0.39, 0.29) is 0 Å². The van der Waals surface area contributed by atoms with Crippen LogP contribution in [-0.2, 0) is 6.54 Å². The molecule has 0 aliphatic heterocycles. The Morgan fingerprint density at radius 2 is 2.07 bits per heavy atom. The fourth-order valence-corrected chi connectivity index (χ4v) is 2.29. The number of nitrogens with one attached hydrogen (secondary N) is 1. The minimum absolute atomic E-state index is 0.642. The maximum atomic E-state index is 3.57. The van der Waals surface area contributed by atoms with Gasteiger partial charge in [0.15, 0.2) is 0 Å². The zero-order valence-electron chi connectivity index (χ0n) is 10.1. The summed E-state index contributed by atoms with van der Waals surface area (Å²) in [6, 6.07) is 2.84. The first-order chi connectivity index (χ1) is 7.18. The third kappa shape index (κ3) is 5.95. The lowest BCUT2D eigenvalue weighted by atomic mass is 10.0. The second kappa shape index (κ2) is 7.02. The molecule has 1 rings (SSSR count). The quantitative estimate of drug-likeness (QED) is 0.738. The van der Waals surface area contributed by atoms with E-state index in [0.717, 1.165) is 12.5 Å². The molecule has 0 saturated carbocycles. The molecule has 2 heteroatoms. The molecule has 0 spiro atoms. The van der Waals surface area contributed by atoms with Crippen molar-refractivity contribution in [3.63, 3.8) is 0 Å². The van der Waals surface area contributed by atoms with Gasteiger partial charge in [0.1, 0.15) is 0 Å². The average Bonchev–Trinajstić information content (AvgIpc) is 2.66. The molecule has 0 aliphatic carbocycles. The van der Waals surface area contributed by atoms with Crippen LogP contribution in [0, 0.1) is 5.92 Å². The van der Waals surface area contributed by atoms with Crippen LogP contribution in [0.1, 0.15) is 45.6 Å². The summed E-state index contributed by atoms with van der Waals surface area (Å²) >= 11 is 1.77. The summed E-state index contributed by atoms with van der Waals surface area (Å²) in [6.45, 7) is 7.89. The van der Waals surface area contributed by atoms with E-state index >= 15 is 0 Å². The molecule has 1 heterocycles. The molecule has 1 aromatic rings. The minimum atomic E-state index is 0.642. The summed E-state index contributed by atoms with van der Waals surface area (Å²) in [5.74, 6) is 0.842. The summed E-state index contributed by atoms with van der Waals surface area (Å²) in [5.41, 5.74) is 1.41. The van der Waals surface area contributed by atoms with Crippen LogP contribution in [0.3, 0.4) is 0 Å². The molecule has 15 heavy (non-hydrogen) atoms. The summed E-state index contributed by atoms with van der Waals surface area (Å²) in [5, 5.41) is 7.92. The van der Waals surface area contributed by atoms with Gasteiger partial charge in [-0.15, -0.1) is 0 Å². The van der Waals surface area contributed by atoms with Crippen molar-refractivity contribution < 1.29 is 0 Å². The van der Waals surface area contributed by atoms with E-state index in [2.05, 4.69) is 42.9 Å². The molecule has 1 atom stereocenters. The van der Waals surface area contributed by atoms with Gasteiger partial charge in [-0.25, -0.2) is 0 Å². The fourth-order valence-electron chi connectivity index (χ4n) is 1.62. The molecule has 0 bridgehead atoms. The molecule has 0 radical (unpaired) electrons. The Morgan fingerprint density at radius 1 is 1.27 bits per heavy atom. The molecule has 0 aromatic carbocycles. The summed E-state index contributed by atoms with van der Waals surface area (Å²) < 4.78 is 0. The molecule has 1 unspecified atom stereocenters. The highest BCUT2D eigenvalue weighted by molar-refractivity contribution is 7.07. The van der Waals surface area contributed by atoms with Crippen LogP contribution in [0.4, 0.5) is 0 Å². The van der Waals surface area contributed by atoms with Gasteiger partial charge in [-0.2, -0.15) is 11.3 Å². The van der Waals surface area contributed by atoms with Crippen molar-refractivity contribution >= 4 is 11.3 Å². The monoisotopic (exact) mass is 225 g/mol. The smallest absolute Gasteiger partial charge is 0.0216 e. The highest BCUT2D eigenvalue weighted by Crippen LogP contribution is 2.09. The Labute approximate surface area is 97.9 Å². The molecule has 1 nitrogen and oxygen atoms in total. The van der Waals surface area contributed by atoms with Gasteiger partial charge >= 0.3 is 0 Å². The zero-order valence-corrected chi connectivity index (χ0v) is 10.9. The van der Waals surface area contributed by atoms with Crippen LogP contribution in [0.2, 0.25) is 0 Å². The van der Waals surface area contributed by atoms with E-state index in [0.29, 0.717) is 6.04 Å². The van der Waals surface area contributed by atoms with Crippen LogP contribution in [-0.4, -0.2) is 6.04 Å². The Morgan fingerprint density at radius 3 is 2.67 bits per heavy atom. The molecule has 0 saturated heterocycles. The van der Waals surface area contributed by atoms with E-state index in [1.54, 1.807) is 11.3 Å². The van der Waals surface area contributed by atoms with Crippen LogP contribution in [0.15, 0.2) is 16.8 Å². The van der Waals surface area contributed by atoms with Gasteiger partial charge in [-0.1, -0.05) is 26.7 Å². The van der Waals surface area contributed by atoms with Gasteiger partial charge in [-0.05, 0) is 41.7 Å². The second-order valence-electron chi connectivity index (χ2n) is 4.74. The minimum Gasteiger partial charge on any atom is -0.310 e. The van der Waals surface area contributed by atoms with Crippen molar-refractivity contribution in [1.82, 2.24) is 5.32 Å². The van der Waals surface area contributed by atoms with Crippen molar-refractivity contribution in [2.24, 2.45) is 5.92 Å². The molecule has 1 aromatic heterocycles.